The lowest BCUT2D eigenvalue weighted by atomic mass is 9.97. The van der Waals surface area contributed by atoms with Crippen LogP contribution >= 0.6 is 0 Å². The smallest absolute Gasteiger partial charge is 0.0236 e. The molecule has 2 nitrogen and oxygen atoms in total. The fourth-order valence-electron chi connectivity index (χ4n) is 2.78. The first-order valence-electron chi connectivity index (χ1n) is 6.82. The standard InChI is InChI=1S/C15H24N2/c1-2-14-7-3-4-8-15(14)12-17-9-5-6-13(10-16)11-17/h3-4,7-8,13H,2,5-6,9-12,16H2,1H3. The number of likely N-dealkylation sites (tertiary alicyclic amines) is 1. The average molecular weight is 232 g/mol. The molecule has 1 aliphatic rings. The first-order valence-corrected chi connectivity index (χ1v) is 6.82. The van der Waals surface area contributed by atoms with Crippen molar-refractivity contribution < 1.29 is 0 Å². The highest BCUT2D eigenvalue weighted by atomic mass is 15.1. The molecule has 0 bridgehead atoms. The highest BCUT2D eigenvalue weighted by Crippen LogP contribution is 2.19. The van der Waals surface area contributed by atoms with Crippen LogP contribution in [0.2, 0.25) is 0 Å². The van der Waals surface area contributed by atoms with E-state index in [2.05, 4.69) is 36.1 Å². The van der Waals surface area contributed by atoms with E-state index in [1.807, 2.05) is 0 Å². The van der Waals surface area contributed by atoms with Crippen LogP contribution in [-0.2, 0) is 13.0 Å². The number of nitrogens with zero attached hydrogens (tertiary/aromatic N) is 1. The summed E-state index contributed by atoms with van der Waals surface area (Å²) in [5, 5.41) is 0. The number of rotatable bonds is 4. The van der Waals surface area contributed by atoms with Gasteiger partial charge in [-0.2, -0.15) is 0 Å². The summed E-state index contributed by atoms with van der Waals surface area (Å²) in [5.41, 5.74) is 8.77. The molecule has 1 aromatic rings. The largest absolute Gasteiger partial charge is 0.330 e. The van der Waals surface area contributed by atoms with Gasteiger partial charge in [0.2, 0.25) is 0 Å². The molecule has 17 heavy (non-hydrogen) atoms. The number of hydrogen-bond acceptors (Lipinski definition) is 2. The third-order valence-electron chi connectivity index (χ3n) is 3.83. The Balaban J connectivity index is 2.00. The molecule has 1 aliphatic heterocycles. The summed E-state index contributed by atoms with van der Waals surface area (Å²) >= 11 is 0. The van der Waals surface area contributed by atoms with Gasteiger partial charge >= 0.3 is 0 Å². The van der Waals surface area contributed by atoms with Crippen LogP contribution in [-0.4, -0.2) is 24.5 Å². The third-order valence-corrected chi connectivity index (χ3v) is 3.83. The van der Waals surface area contributed by atoms with Gasteiger partial charge in [-0.25, -0.2) is 0 Å². The van der Waals surface area contributed by atoms with Crippen molar-refractivity contribution in [1.29, 1.82) is 0 Å². The van der Waals surface area contributed by atoms with Crippen LogP contribution < -0.4 is 5.73 Å². The van der Waals surface area contributed by atoms with Crippen molar-refractivity contribution in [1.82, 2.24) is 4.90 Å². The predicted octanol–water partition coefficient (Wildman–Crippen LogP) is 2.42. The van der Waals surface area contributed by atoms with E-state index in [1.54, 1.807) is 0 Å². The SMILES string of the molecule is CCc1ccccc1CN1CCCC(CN)C1. The van der Waals surface area contributed by atoms with E-state index in [9.17, 15) is 0 Å². The molecular formula is C15H24N2. The number of aryl methyl sites for hydroxylation is 1. The van der Waals surface area contributed by atoms with Gasteiger partial charge in [-0.3, -0.25) is 4.90 Å². The second-order valence-corrected chi connectivity index (χ2v) is 5.10. The molecule has 0 spiro atoms. The Hall–Kier alpha value is -0.860. The zero-order valence-corrected chi connectivity index (χ0v) is 10.9. The number of benzene rings is 1. The molecule has 1 heterocycles. The molecule has 2 heteroatoms. The van der Waals surface area contributed by atoms with Gasteiger partial charge in [-0.1, -0.05) is 31.2 Å². The molecule has 0 amide bonds. The normalized spacial score (nSPS) is 21.6. The lowest BCUT2D eigenvalue weighted by Crippen LogP contribution is -2.38. The van der Waals surface area contributed by atoms with E-state index in [-0.39, 0.29) is 0 Å². The second kappa shape index (κ2) is 6.18. The maximum absolute atomic E-state index is 5.79. The maximum Gasteiger partial charge on any atom is 0.0236 e. The number of piperidine rings is 1. The minimum absolute atomic E-state index is 0.706. The minimum atomic E-state index is 0.706. The summed E-state index contributed by atoms with van der Waals surface area (Å²) in [5.74, 6) is 0.706. The van der Waals surface area contributed by atoms with E-state index in [0.29, 0.717) is 5.92 Å². The van der Waals surface area contributed by atoms with E-state index in [0.717, 1.165) is 19.5 Å². The quantitative estimate of drug-likeness (QED) is 0.864. The Morgan fingerprint density at radius 1 is 1.29 bits per heavy atom. The zero-order chi connectivity index (χ0) is 12.1. The van der Waals surface area contributed by atoms with Gasteiger partial charge in [-0.05, 0) is 49.4 Å². The molecule has 1 saturated heterocycles. The van der Waals surface area contributed by atoms with E-state index in [4.69, 9.17) is 5.73 Å². The van der Waals surface area contributed by atoms with Crippen LogP contribution in [0.15, 0.2) is 24.3 Å². The molecule has 2 N–H and O–H groups in total. The Kier molecular flexibility index (Phi) is 4.57. The molecule has 1 fully saturated rings. The number of hydrogen-bond donors (Lipinski definition) is 1. The molecule has 0 aliphatic carbocycles. The first-order chi connectivity index (χ1) is 8.33. The summed E-state index contributed by atoms with van der Waals surface area (Å²) in [4.78, 5) is 2.56. The van der Waals surface area contributed by atoms with Crippen molar-refractivity contribution in [3.05, 3.63) is 35.4 Å². The molecular weight excluding hydrogens is 208 g/mol. The summed E-state index contributed by atoms with van der Waals surface area (Å²) in [7, 11) is 0. The van der Waals surface area contributed by atoms with Gasteiger partial charge in [0.25, 0.3) is 0 Å². The fraction of sp³-hybridized carbons (Fsp3) is 0.600. The van der Waals surface area contributed by atoms with Gasteiger partial charge in [0.05, 0.1) is 0 Å². The van der Waals surface area contributed by atoms with Crippen LogP contribution in [0, 0.1) is 5.92 Å². The Morgan fingerprint density at radius 2 is 2.06 bits per heavy atom. The predicted molar refractivity (Wildman–Crippen MR) is 72.9 cm³/mol. The second-order valence-electron chi connectivity index (χ2n) is 5.10. The summed E-state index contributed by atoms with van der Waals surface area (Å²) in [6.45, 7) is 6.58. The lowest BCUT2D eigenvalue weighted by Gasteiger charge is -2.32. The molecule has 0 radical (unpaired) electrons. The van der Waals surface area contributed by atoms with E-state index in [1.165, 1.54) is 37.1 Å². The Labute approximate surface area is 105 Å². The van der Waals surface area contributed by atoms with Crippen molar-refractivity contribution >= 4 is 0 Å². The van der Waals surface area contributed by atoms with E-state index < -0.39 is 0 Å². The van der Waals surface area contributed by atoms with Gasteiger partial charge in [0.15, 0.2) is 0 Å². The maximum atomic E-state index is 5.79. The summed E-state index contributed by atoms with van der Waals surface area (Å²) in [6.07, 6.45) is 3.74. The third kappa shape index (κ3) is 3.30. The Morgan fingerprint density at radius 3 is 2.76 bits per heavy atom. The van der Waals surface area contributed by atoms with Crippen LogP contribution in [0.1, 0.15) is 30.9 Å². The molecule has 94 valence electrons. The fourth-order valence-corrected chi connectivity index (χ4v) is 2.78. The minimum Gasteiger partial charge on any atom is -0.330 e. The topological polar surface area (TPSA) is 29.3 Å². The van der Waals surface area contributed by atoms with Crippen LogP contribution in [0.5, 0.6) is 0 Å². The average Bonchev–Trinajstić information content (AvgIpc) is 2.39. The van der Waals surface area contributed by atoms with Gasteiger partial charge in [0, 0.05) is 13.1 Å². The van der Waals surface area contributed by atoms with Crippen molar-refractivity contribution in [3.8, 4) is 0 Å². The van der Waals surface area contributed by atoms with Crippen molar-refractivity contribution in [2.45, 2.75) is 32.7 Å². The van der Waals surface area contributed by atoms with Gasteiger partial charge < -0.3 is 5.73 Å². The molecule has 2 rings (SSSR count). The molecule has 1 unspecified atom stereocenters. The van der Waals surface area contributed by atoms with Crippen LogP contribution in [0.25, 0.3) is 0 Å². The highest BCUT2D eigenvalue weighted by molar-refractivity contribution is 5.26. The highest BCUT2D eigenvalue weighted by Gasteiger charge is 2.19. The molecule has 1 atom stereocenters. The van der Waals surface area contributed by atoms with Gasteiger partial charge in [-0.15, -0.1) is 0 Å². The molecule has 0 aromatic heterocycles. The van der Waals surface area contributed by atoms with Crippen LogP contribution in [0.3, 0.4) is 0 Å². The molecule has 0 saturated carbocycles. The first kappa shape index (κ1) is 12.6. The summed E-state index contributed by atoms with van der Waals surface area (Å²) in [6, 6.07) is 8.81. The lowest BCUT2D eigenvalue weighted by molar-refractivity contribution is 0.170. The van der Waals surface area contributed by atoms with Crippen molar-refractivity contribution in [3.63, 3.8) is 0 Å². The van der Waals surface area contributed by atoms with Crippen molar-refractivity contribution in [2.75, 3.05) is 19.6 Å². The summed E-state index contributed by atoms with van der Waals surface area (Å²) < 4.78 is 0. The number of nitrogens with two attached hydrogens (primary N) is 1. The van der Waals surface area contributed by atoms with Crippen LogP contribution in [0.4, 0.5) is 0 Å². The molecule has 1 aromatic carbocycles. The van der Waals surface area contributed by atoms with Crippen molar-refractivity contribution in [2.24, 2.45) is 11.7 Å². The Bertz CT molecular complexity index is 349. The zero-order valence-electron chi connectivity index (χ0n) is 10.9. The monoisotopic (exact) mass is 232 g/mol. The van der Waals surface area contributed by atoms with Gasteiger partial charge in [0.1, 0.15) is 0 Å². The van der Waals surface area contributed by atoms with E-state index >= 15 is 0 Å².